The molecule has 0 aromatic carbocycles. The van der Waals surface area contributed by atoms with Crippen LogP contribution >= 0.6 is 11.3 Å². The molecule has 3 aromatic rings. The molecule has 0 aliphatic carbocycles. The minimum Gasteiger partial charge on any atom is -0.308 e. The van der Waals surface area contributed by atoms with Crippen LogP contribution in [0.5, 0.6) is 0 Å². The van der Waals surface area contributed by atoms with Gasteiger partial charge >= 0.3 is 0 Å². The maximum Gasteiger partial charge on any atom is 0.153 e. The Bertz CT molecular complexity index is 773. The van der Waals surface area contributed by atoms with E-state index >= 15 is 0 Å². The van der Waals surface area contributed by atoms with Gasteiger partial charge in [0.05, 0.1) is 11.6 Å². The van der Waals surface area contributed by atoms with E-state index in [-0.39, 0.29) is 0 Å². The first-order valence-corrected chi connectivity index (χ1v) is 7.12. The lowest BCUT2D eigenvalue weighted by Gasteiger charge is -2.06. The van der Waals surface area contributed by atoms with E-state index in [4.69, 9.17) is 5.84 Å². The summed E-state index contributed by atoms with van der Waals surface area (Å²) in [6.07, 6.45) is 3.79. The Morgan fingerprint density at radius 3 is 2.75 bits per heavy atom. The summed E-state index contributed by atoms with van der Waals surface area (Å²) in [5.41, 5.74) is 4.98. The number of hydrazine groups is 1. The van der Waals surface area contributed by atoms with Crippen LogP contribution in [-0.2, 0) is 6.54 Å². The summed E-state index contributed by atoms with van der Waals surface area (Å²) in [4.78, 5) is 11.3. The van der Waals surface area contributed by atoms with Gasteiger partial charge in [0.15, 0.2) is 11.6 Å². The molecule has 0 unspecified atom stereocenters. The van der Waals surface area contributed by atoms with Crippen LogP contribution in [0.1, 0.15) is 21.8 Å². The lowest BCUT2D eigenvalue weighted by Crippen LogP contribution is -2.12. The third-order valence-electron chi connectivity index (χ3n) is 3.28. The number of anilines is 1. The van der Waals surface area contributed by atoms with Gasteiger partial charge in [-0.3, -0.25) is 4.68 Å². The van der Waals surface area contributed by atoms with Crippen LogP contribution in [0.4, 0.5) is 5.82 Å². The molecule has 3 heterocycles. The van der Waals surface area contributed by atoms with Crippen LogP contribution in [0.15, 0.2) is 12.4 Å². The van der Waals surface area contributed by atoms with Gasteiger partial charge in [0, 0.05) is 11.1 Å². The van der Waals surface area contributed by atoms with E-state index in [1.807, 2.05) is 24.0 Å². The molecule has 3 N–H and O–H groups in total. The van der Waals surface area contributed by atoms with E-state index in [1.54, 1.807) is 11.3 Å². The highest BCUT2D eigenvalue weighted by Gasteiger charge is 2.14. The molecule has 0 saturated heterocycles. The van der Waals surface area contributed by atoms with Gasteiger partial charge in [-0.05, 0) is 31.9 Å². The number of nitrogens with one attached hydrogen (secondary N) is 1. The zero-order chi connectivity index (χ0) is 14.3. The van der Waals surface area contributed by atoms with E-state index in [0.29, 0.717) is 18.2 Å². The second kappa shape index (κ2) is 4.84. The summed E-state index contributed by atoms with van der Waals surface area (Å²) in [6.45, 7) is 6.69. The van der Waals surface area contributed by atoms with Gasteiger partial charge in [-0.2, -0.15) is 5.10 Å². The van der Waals surface area contributed by atoms with E-state index < -0.39 is 0 Å². The van der Waals surface area contributed by atoms with E-state index in [0.717, 1.165) is 15.8 Å². The number of thiophene rings is 1. The van der Waals surface area contributed by atoms with Gasteiger partial charge in [-0.1, -0.05) is 0 Å². The number of aromatic nitrogens is 4. The highest BCUT2D eigenvalue weighted by atomic mass is 32.1. The fraction of sp³-hybridized carbons (Fsp3) is 0.308. The summed E-state index contributed by atoms with van der Waals surface area (Å²) in [7, 11) is 0. The SMILES string of the molecule is Cc1cnn(Cc2nc(NN)c3c(C)c(C)sc3n2)c1. The number of hydrogen-bond donors (Lipinski definition) is 2. The van der Waals surface area contributed by atoms with E-state index in [1.165, 1.54) is 10.4 Å². The second-order valence-corrected chi connectivity index (χ2v) is 6.01. The van der Waals surface area contributed by atoms with Crippen LogP contribution in [-0.4, -0.2) is 19.7 Å². The Hall–Kier alpha value is -1.99. The minimum absolute atomic E-state index is 0.536. The predicted octanol–water partition coefficient (Wildman–Crippen LogP) is 2.15. The van der Waals surface area contributed by atoms with Crippen molar-refractivity contribution in [3.63, 3.8) is 0 Å². The average molecular weight is 288 g/mol. The maximum absolute atomic E-state index is 5.60. The number of hydrogen-bond acceptors (Lipinski definition) is 6. The lowest BCUT2D eigenvalue weighted by molar-refractivity contribution is 0.658. The van der Waals surface area contributed by atoms with Crippen molar-refractivity contribution in [2.75, 3.05) is 5.43 Å². The molecule has 104 valence electrons. The fourth-order valence-electron chi connectivity index (χ4n) is 2.17. The minimum atomic E-state index is 0.536. The molecule has 0 saturated carbocycles. The molecule has 3 rings (SSSR count). The number of fused-ring (bicyclic) bond motifs is 1. The van der Waals surface area contributed by atoms with Crippen molar-refractivity contribution in [3.05, 3.63) is 34.2 Å². The number of nitrogen functional groups attached to an aromatic ring is 1. The van der Waals surface area contributed by atoms with Gasteiger partial charge in [0.2, 0.25) is 0 Å². The Labute approximate surface area is 120 Å². The zero-order valence-electron chi connectivity index (χ0n) is 11.6. The largest absolute Gasteiger partial charge is 0.308 e. The summed E-state index contributed by atoms with van der Waals surface area (Å²) >= 11 is 1.66. The average Bonchev–Trinajstić information content (AvgIpc) is 2.94. The monoisotopic (exact) mass is 288 g/mol. The Morgan fingerprint density at radius 1 is 1.30 bits per heavy atom. The smallest absolute Gasteiger partial charge is 0.153 e. The molecule has 0 radical (unpaired) electrons. The molecule has 0 aliphatic rings. The molecule has 0 spiro atoms. The third kappa shape index (κ3) is 2.14. The zero-order valence-corrected chi connectivity index (χ0v) is 12.5. The maximum atomic E-state index is 5.60. The first kappa shape index (κ1) is 13.0. The highest BCUT2D eigenvalue weighted by molar-refractivity contribution is 7.18. The first-order chi connectivity index (χ1) is 9.58. The topological polar surface area (TPSA) is 81.7 Å². The summed E-state index contributed by atoms with van der Waals surface area (Å²) in [5, 5.41) is 5.27. The number of nitrogens with zero attached hydrogens (tertiary/aromatic N) is 4. The Balaban J connectivity index is 2.08. The van der Waals surface area contributed by atoms with Crippen molar-refractivity contribution in [3.8, 4) is 0 Å². The fourth-order valence-corrected chi connectivity index (χ4v) is 3.22. The van der Waals surface area contributed by atoms with Gasteiger partial charge < -0.3 is 5.43 Å². The standard InChI is InChI=1S/C13H16N6S/c1-7-4-15-19(5-7)6-10-16-12(18-14)11-8(2)9(3)20-13(11)17-10/h4-5H,6,14H2,1-3H3,(H,16,17,18). The summed E-state index contributed by atoms with van der Waals surface area (Å²) in [6, 6.07) is 0. The Morgan fingerprint density at radius 2 is 2.10 bits per heavy atom. The molecule has 0 atom stereocenters. The van der Waals surface area contributed by atoms with Crippen LogP contribution < -0.4 is 11.3 Å². The number of aryl methyl sites for hydroxylation is 3. The van der Waals surface area contributed by atoms with Crippen molar-refractivity contribution in [2.24, 2.45) is 5.84 Å². The number of rotatable bonds is 3. The molecule has 3 aromatic heterocycles. The molecular weight excluding hydrogens is 272 g/mol. The summed E-state index contributed by atoms with van der Waals surface area (Å²) in [5.74, 6) is 6.98. The highest BCUT2D eigenvalue weighted by Crippen LogP contribution is 2.32. The molecule has 0 aliphatic heterocycles. The van der Waals surface area contributed by atoms with Gasteiger partial charge in [0.25, 0.3) is 0 Å². The molecule has 0 amide bonds. The molecule has 0 bridgehead atoms. The van der Waals surface area contributed by atoms with Crippen molar-refractivity contribution < 1.29 is 0 Å². The van der Waals surface area contributed by atoms with Crippen LogP contribution in [0, 0.1) is 20.8 Å². The van der Waals surface area contributed by atoms with Crippen molar-refractivity contribution in [1.82, 2.24) is 19.7 Å². The number of nitrogens with two attached hydrogens (primary N) is 1. The van der Waals surface area contributed by atoms with E-state index in [9.17, 15) is 0 Å². The lowest BCUT2D eigenvalue weighted by atomic mass is 10.2. The van der Waals surface area contributed by atoms with Crippen molar-refractivity contribution in [2.45, 2.75) is 27.3 Å². The second-order valence-electron chi connectivity index (χ2n) is 4.81. The first-order valence-electron chi connectivity index (χ1n) is 6.30. The van der Waals surface area contributed by atoms with Gasteiger partial charge in [-0.25, -0.2) is 15.8 Å². The normalized spacial score (nSPS) is 11.2. The molecule has 6 nitrogen and oxygen atoms in total. The van der Waals surface area contributed by atoms with Gasteiger partial charge in [0.1, 0.15) is 11.4 Å². The quantitative estimate of drug-likeness (QED) is 0.570. The van der Waals surface area contributed by atoms with Crippen molar-refractivity contribution in [1.29, 1.82) is 0 Å². The van der Waals surface area contributed by atoms with Gasteiger partial charge in [-0.15, -0.1) is 11.3 Å². The molecule has 0 fully saturated rings. The third-order valence-corrected chi connectivity index (χ3v) is 4.38. The van der Waals surface area contributed by atoms with Crippen LogP contribution in [0.2, 0.25) is 0 Å². The predicted molar refractivity (Wildman–Crippen MR) is 80.8 cm³/mol. The van der Waals surface area contributed by atoms with Crippen molar-refractivity contribution >= 4 is 27.4 Å². The molecule has 7 heteroatoms. The van der Waals surface area contributed by atoms with Crippen LogP contribution in [0.25, 0.3) is 10.2 Å². The Kier molecular flexibility index (Phi) is 3.15. The summed E-state index contributed by atoms with van der Waals surface area (Å²) < 4.78 is 1.82. The molecular formula is C13H16N6S. The van der Waals surface area contributed by atoms with Crippen LogP contribution in [0.3, 0.4) is 0 Å². The van der Waals surface area contributed by atoms with E-state index in [2.05, 4.69) is 34.3 Å². The molecule has 20 heavy (non-hydrogen) atoms.